The molecule has 1 aliphatic heterocycles. The van der Waals surface area contributed by atoms with Crippen molar-refractivity contribution in [3.8, 4) is 11.1 Å². The summed E-state index contributed by atoms with van der Waals surface area (Å²) in [5, 5.41) is 14.4. The van der Waals surface area contributed by atoms with E-state index in [0.29, 0.717) is 0 Å². The molecule has 3 aromatic heterocycles. The van der Waals surface area contributed by atoms with Crippen LogP contribution in [0.4, 0.5) is 0 Å². The van der Waals surface area contributed by atoms with E-state index in [4.69, 9.17) is 13.8 Å². The van der Waals surface area contributed by atoms with Crippen molar-refractivity contribution in [2.75, 3.05) is 0 Å². The Bertz CT molecular complexity index is 3010. The van der Waals surface area contributed by atoms with Crippen LogP contribution >= 0.6 is 11.3 Å². The van der Waals surface area contributed by atoms with Crippen molar-refractivity contribution in [3.05, 3.63) is 168 Å². The number of furan rings is 2. The fraction of sp³-hybridized carbons (Fsp3) is 0.0444. The Labute approximate surface area is 296 Å². The minimum atomic E-state index is -0.297. The molecule has 10 aromatic rings. The molecule has 242 valence electrons. The number of hydrogen-bond donors (Lipinski definition) is 2. The molecule has 1 aliphatic rings. The predicted molar refractivity (Wildman–Crippen MR) is 210 cm³/mol. The van der Waals surface area contributed by atoms with E-state index in [1.54, 1.807) is 0 Å². The van der Waals surface area contributed by atoms with Crippen LogP contribution in [0.2, 0.25) is 0 Å². The maximum atomic E-state index is 6.67. The number of para-hydroxylation sites is 2. The van der Waals surface area contributed by atoms with Crippen LogP contribution in [0.15, 0.2) is 165 Å². The molecule has 0 fully saturated rings. The van der Waals surface area contributed by atoms with Crippen LogP contribution in [0.3, 0.4) is 0 Å². The third-order valence-corrected chi connectivity index (χ3v) is 11.4. The third-order valence-electron chi connectivity index (χ3n) is 10.2. The summed E-state index contributed by atoms with van der Waals surface area (Å²) in [4.78, 5) is 5.27. The first-order chi connectivity index (χ1) is 25.2. The van der Waals surface area contributed by atoms with Crippen LogP contribution in [0.5, 0.6) is 0 Å². The Morgan fingerprint density at radius 3 is 2.18 bits per heavy atom. The van der Waals surface area contributed by atoms with Gasteiger partial charge in [-0.3, -0.25) is 5.32 Å². The average Bonchev–Trinajstić information content (AvgIpc) is 3.89. The van der Waals surface area contributed by atoms with Crippen molar-refractivity contribution >= 4 is 81.2 Å². The number of hydrogen-bond acceptors (Lipinski definition) is 6. The van der Waals surface area contributed by atoms with Gasteiger partial charge in [0.2, 0.25) is 0 Å². The zero-order valence-corrected chi connectivity index (χ0v) is 28.1. The number of rotatable bonds is 4. The quantitative estimate of drug-likeness (QED) is 0.195. The van der Waals surface area contributed by atoms with Gasteiger partial charge in [-0.1, -0.05) is 115 Å². The zero-order chi connectivity index (χ0) is 33.5. The van der Waals surface area contributed by atoms with Crippen molar-refractivity contribution < 1.29 is 8.83 Å². The summed E-state index contributed by atoms with van der Waals surface area (Å²) in [6.45, 7) is 0. The highest BCUT2D eigenvalue weighted by molar-refractivity contribution is 7.26. The van der Waals surface area contributed by atoms with E-state index in [9.17, 15) is 0 Å². The lowest BCUT2D eigenvalue weighted by atomic mass is 10.00. The third kappa shape index (κ3) is 4.54. The van der Waals surface area contributed by atoms with E-state index in [1.807, 2.05) is 35.6 Å². The van der Waals surface area contributed by atoms with Crippen molar-refractivity contribution in [3.63, 3.8) is 0 Å². The molecule has 6 heteroatoms. The lowest BCUT2D eigenvalue weighted by Gasteiger charge is -2.32. The fourth-order valence-electron chi connectivity index (χ4n) is 7.72. The Hall–Kier alpha value is -6.21. The summed E-state index contributed by atoms with van der Waals surface area (Å²) in [6, 6.07) is 53.2. The smallest absolute Gasteiger partial charge is 0.143 e. The molecular formula is C45H29N3O2S. The molecule has 51 heavy (non-hydrogen) atoms. The first-order valence-corrected chi connectivity index (χ1v) is 18.0. The summed E-state index contributed by atoms with van der Waals surface area (Å²) in [6.07, 6.45) is -0.450. The van der Waals surface area contributed by atoms with Gasteiger partial charge in [-0.25, -0.2) is 4.99 Å². The second-order valence-electron chi connectivity index (χ2n) is 13.2. The van der Waals surface area contributed by atoms with Gasteiger partial charge in [-0.15, -0.1) is 11.3 Å². The molecule has 0 saturated carbocycles. The maximum Gasteiger partial charge on any atom is 0.143 e. The molecule has 2 N–H and O–H groups in total. The SMILES string of the molecule is c1ccc(C2NC(c3ccc4oc5c(-c6cccc7c6sc6ccccc67)cccc5c4c3)=NC(c3ccc4c(c3)oc3ccccc34)N2)cc1. The number of aliphatic imine (C=N–C) groups is 1. The molecule has 4 heterocycles. The molecular weight excluding hydrogens is 647 g/mol. The lowest BCUT2D eigenvalue weighted by molar-refractivity contribution is 0.409. The Morgan fingerprint density at radius 2 is 1.25 bits per heavy atom. The number of amidine groups is 1. The molecule has 2 atom stereocenters. The van der Waals surface area contributed by atoms with E-state index in [1.165, 1.54) is 25.7 Å². The summed E-state index contributed by atoms with van der Waals surface area (Å²) >= 11 is 1.84. The van der Waals surface area contributed by atoms with E-state index < -0.39 is 0 Å². The van der Waals surface area contributed by atoms with Gasteiger partial charge >= 0.3 is 0 Å². The number of nitrogens with zero attached hydrogens (tertiary/aromatic N) is 1. The molecule has 5 nitrogen and oxygen atoms in total. The second kappa shape index (κ2) is 11.2. The predicted octanol–water partition coefficient (Wildman–Crippen LogP) is 11.9. The summed E-state index contributed by atoms with van der Waals surface area (Å²) in [5.41, 5.74) is 8.96. The average molecular weight is 676 g/mol. The first-order valence-electron chi connectivity index (χ1n) is 17.2. The zero-order valence-electron chi connectivity index (χ0n) is 27.3. The van der Waals surface area contributed by atoms with Crippen LogP contribution in [-0.2, 0) is 0 Å². The van der Waals surface area contributed by atoms with Gasteiger partial charge in [0.05, 0.1) is 0 Å². The molecule has 0 aliphatic carbocycles. The van der Waals surface area contributed by atoms with E-state index >= 15 is 0 Å². The van der Waals surface area contributed by atoms with E-state index in [2.05, 4.69) is 138 Å². The number of fused-ring (bicyclic) bond motifs is 9. The van der Waals surface area contributed by atoms with Gasteiger partial charge in [-0.05, 0) is 47.5 Å². The standard InChI is InChI=1S/C45H29N3O2S/c1-2-10-26(11-3-1)43-46-44(48-45(47-43)28-20-22-30-29-12-4-6-18-37(29)49-39(30)25-28)27-21-23-38-36(24-27)33-15-8-14-32(41(33)50-38)35-17-9-16-34-31-13-5-7-19-40(31)51-42(34)35/h1-25,43,45,47H,(H,46,48). The van der Waals surface area contributed by atoms with Gasteiger partial charge in [0.15, 0.2) is 0 Å². The Morgan fingerprint density at radius 1 is 0.510 bits per heavy atom. The minimum Gasteiger partial charge on any atom is -0.456 e. The molecule has 0 saturated heterocycles. The normalized spacial score (nSPS) is 16.4. The molecule has 0 bridgehead atoms. The highest BCUT2D eigenvalue weighted by Crippen LogP contribution is 2.43. The van der Waals surface area contributed by atoms with Crippen LogP contribution in [0, 0.1) is 0 Å². The minimum absolute atomic E-state index is 0.153. The summed E-state index contributed by atoms with van der Waals surface area (Å²) < 4.78 is 15.5. The topological polar surface area (TPSA) is 62.7 Å². The summed E-state index contributed by atoms with van der Waals surface area (Å²) in [7, 11) is 0. The van der Waals surface area contributed by atoms with Crippen molar-refractivity contribution in [1.82, 2.24) is 10.6 Å². The fourth-order valence-corrected chi connectivity index (χ4v) is 8.95. The Balaban J connectivity index is 1.04. The van der Waals surface area contributed by atoms with Gasteiger partial charge in [0, 0.05) is 58.4 Å². The first kappa shape index (κ1) is 28.6. The molecule has 0 amide bonds. The highest BCUT2D eigenvalue weighted by atomic mass is 32.1. The summed E-state index contributed by atoms with van der Waals surface area (Å²) in [5.74, 6) is 0.819. The van der Waals surface area contributed by atoms with Crippen LogP contribution in [0.1, 0.15) is 29.0 Å². The van der Waals surface area contributed by atoms with Gasteiger partial charge < -0.3 is 14.2 Å². The number of nitrogens with one attached hydrogen (secondary N) is 2. The van der Waals surface area contributed by atoms with E-state index in [-0.39, 0.29) is 12.3 Å². The van der Waals surface area contributed by atoms with Gasteiger partial charge in [0.25, 0.3) is 0 Å². The van der Waals surface area contributed by atoms with Crippen molar-refractivity contribution in [1.29, 1.82) is 0 Å². The highest BCUT2D eigenvalue weighted by Gasteiger charge is 2.27. The van der Waals surface area contributed by atoms with Crippen molar-refractivity contribution in [2.24, 2.45) is 4.99 Å². The molecule has 0 radical (unpaired) electrons. The Kier molecular flexibility index (Phi) is 6.26. The second-order valence-corrected chi connectivity index (χ2v) is 14.2. The maximum absolute atomic E-state index is 6.67. The van der Waals surface area contributed by atoms with Crippen LogP contribution in [-0.4, -0.2) is 5.84 Å². The molecule has 7 aromatic carbocycles. The van der Waals surface area contributed by atoms with E-state index in [0.717, 1.165) is 72.0 Å². The number of thiophene rings is 1. The molecule has 0 spiro atoms. The van der Waals surface area contributed by atoms with Crippen LogP contribution in [0.25, 0.3) is 75.2 Å². The van der Waals surface area contributed by atoms with Gasteiger partial charge in [-0.2, -0.15) is 0 Å². The monoisotopic (exact) mass is 675 g/mol. The van der Waals surface area contributed by atoms with Gasteiger partial charge in [0.1, 0.15) is 40.5 Å². The van der Waals surface area contributed by atoms with Crippen molar-refractivity contribution in [2.45, 2.75) is 12.3 Å². The van der Waals surface area contributed by atoms with Crippen LogP contribution < -0.4 is 10.6 Å². The molecule has 11 rings (SSSR count). The largest absolute Gasteiger partial charge is 0.456 e. The number of benzene rings is 7. The molecule has 2 unspecified atom stereocenters. The lowest BCUT2D eigenvalue weighted by Crippen LogP contribution is -2.44.